The third kappa shape index (κ3) is 11.6. The lowest BCUT2D eigenvalue weighted by Gasteiger charge is -2.25. The van der Waals surface area contributed by atoms with E-state index in [9.17, 15) is 9.59 Å². The van der Waals surface area contributed by atoms with Gasteiger partial charge < -0.3 is 37.9 Å². The van der Waals surface area contributed by atoms with Crippen LogP contribution >= 0.6 is 0 Å². The minimum absolute atomic E-state index is 0.185. The molecule has 0 spiro atoms. The number of methoxy groups -OCH3 is 2. The van der Waals surface area contributed by atoms with Gasteiger partial charge in [0.05, 0.1) is 51.5 Å². The van der Waals surface area contributed by atoms with Crippen molar-refractivity contribution in [3.05, 3.63) is 54.1 Å². The lowest BCUT2D eigenvalue weighted by atomic mass is 9.82. The first-order valence-electron chi connectivity index (χ1n) is 13.6. The molecule has 220 valence electrons. The Kier molecular flexibility index (Phi) is 14.5. The quantitative estimate of drug-likeness (QED) is 0.114. The highest BCUT2D eigenvalue weighted by molar-refractivity contribution is 5.77. The van der Waals surface area contributed by atoms with Crippen LogP contribution in [-0.4, -0.2) is 72.6 Å². The zero-order valence-electron chi connectivity index (χ0n) is 23.3. The molecule has 10 heteroatoms. The number of ether oxygens (including phenoxy) is 8. The van der Waals surface area contributed by atoms with Gasteiger partial charge in [-0.05, 0) is 67.6 Å². The lowest BCUT2D eigenvalue weighted by Crippen LogP contribution is -2.30. The maximum Gasteiger partial charge on any atom is 0.314 e. The van der Waals surface area contributed by atoms with Gasteiger partial charge in [-0.15, -0.1) is 0 Å². The molecular weight excluding hydrogens is 520 g/mol. The normalized spacial score (nSPS) is 16.9. The molecule has 0 N–H and O–H groups in total. The van der Waals surface area contributed by atoms with Gasteiger partial charge in [-0.25, -0.2) is 0 Å². The summed E-state index contributed by atoms with van der Waals surface area (Å²) in [5, 5.41) is 0. The first-order chi connectivity index (χ1) is 19.6. The van der Waals surface area contributed by atoms with Crippen LogP contribution < -0.4 is 14.2 Å². The fourth-order valence-corrected chi connectivity index (χ4v) is 4.10. The highest BCUT2D eigenvalue weighted by Crippen LogP contribution is 2.31. The van der Waals surface area contributed by atoms with E-state index in [2.05, 4.69) is 0 Å². The van der Waals surface area contributed by atoms with Crippen LogP contribution in [0.25, 0.3) is 0 Å². The summed E-state index contributed by atoms with van der Waals surface area (Å²) < 4.78 is 42.6. The lowest BCUT2D eigenvalue weighted by molar-refractivity contribution is -0.145. The van der Waals surface area contributed by atoms with Gasteiger partial charge in [-0.3, -0.25) is 9.59 Å². The molecule has 0 aromatic heterocycles. The zero-order valence-corrected chi connectivity index (χ0v) is 23.3. The zero-order chi connectivity index (χ0) is 28.4. The highest BCUT2D eigenvalue weighted by atomic mass is 16.7. The second-order valence-electron chi connectivity index (χ2n) is 9.33. The molecule has 2 aromatic rings. The highest BCUT2D eigenvalue weighted by Gasteiger charge is 2.32. The third-order valence-electron chi connectivity index (χ3n) is 6.37. The summed E-state index contributed by atoms with van der Waals surface area (Å²) in [7, 11) is 3.24. The Hall–Kier alpha value is -3.02. The van der Waals surface area contributed by atoms with E-state index in [-0.39, 0.29) is 30.6 Å². The smallest absolute Gasteiger partial charge is 0.314 e. The summed E-state index contributed by atoms with van der Waals surface area (Å²) in [4.78, 5) is 25.3. The van der Waals surface area contributed by atoms with Gasteiger partial charge in [0, 0.05) is 14.2 Å². The molecule has 0 aliphatic heterocycles. The summed E-state index contributed by atoms with van der Waals surface area (Å²) in [6.45, 7) is 3.53. The molecule has 1 saturated carbocycles. The number of esters is 2. The van der Waals surface area contributed by atoms with Crippen molar-refractivity contribution in [1.29, 1.82) is 0 Å². The van der Waals surface area contributed by atoms with E-state index >= 15 is 0 Å². The van der Waals surface area contributed by atoms with Crippen LogP contribution in [0.2, 0.25) is 0 Å². The van der Waals surface area contributed by atoms with E-state index in [1.165, 1.54) is 0 Å². The summed E-state index contributed by atoms with van der Waals surface area (Å²) >= 11 is 0. The number of carbonyl (C=O) groups excluding carboxylic acids is 2. The van der Waals surface area contributed by atoms with Crippen molar-refractivity contribution >= 4 is 11.9 Å². The van der Waals surface area contributed by atoms with Crippen LogP contribution in [0.15, 0.2) is 48.5 Å². The number of hydrogen-bond donors (Lipinski definition) is 0. The molecule has 0 amide bonds. The minimum atomic E-state index is -0.283. The van der Waals surface area contributed by atoms with E-state index in [0.29, 0.717) is 89.2 Å². The Bertz CT molecular complexity index is 903. The molecule has 1 fully saturated rings. The molecule has 0 bridgehead atoms. The largest absolute Gasteiger partial charge is 0.491 e. The predicted molar refractivity (Wildman–Crippen MR) is 145 cm³/mol. The molecule has 0 heterocycles. The molecule has 3 rings (SSSR count). The molecule has 40 heavy (non-hydrogen) atoms. The SMILES string of the molecule is COCCOCCOc1ccc(OC(=O)[C@H]2CC[C@H](C(=O)Oc3ccc(COCOCCOC)cc3)CC2)cc1. The maximum atomic E-state index is 12.7. The Morgan fingerprint density at radius 1 is 0.600 bits per heavy atom. The van der Waals surface area contributed by atoms with Crippen molar-refractivity contribution in [2.24, 2.45) is 11.8 Å². The second-order valence-corrected chi connectivity index (χ2v) is 9.33. The molecule has 0 unspecified atom stereocenters. The summed E-state index contributed by atoms with van der Waals surface area (Å²) in [5.41, 5.74) is 0.944. The summed E-state index contributed by atoms with van der Waals surface area (Å²) in [6, 6.07) is 14.1. The van der Waals surface area contributed by atoms with Crippen LogP contribution in [-0.2, 0) is 39.9 Å². The first-order valence-corrected chi connectivity index (χ1v) is 13.6. The fraction of sp³-hybridized carbons (Fsp3) is 0.533. The second kappa shape index (κ2) is 18.4. The number of benzene rings is 2. The van der Waals surface area contributed by atoms with Crippen LogP contribution in [0.4, 0.5) is 0 Å². The standard InChI is InChI=1S/C30H40O10/c1-33-15-17-35-19-20-38-26-11-13-28(14-12-26)40-30(32)25-7-5-24(6-8-25)29(31)39-27-9-3-23(4-10-27)21-37-22-36-18-16-34-2/h3-4,9-14,24-25H,5-8,15-22H2,1-2H3/t24-,25-. The van der Waals surface area contributed by atoms with Crippen LogP contribution in [0.1, 0.15) is 31.2 Å². The molecule has 0 saturated heterocycles. The van der Waals surface area contributed by atoms with Gasteiger partial charge in [0.2, 0.25) is 0 Å². The van der Waals surface area contributed by atoms with Crippen molar-refractivity contribution in [2.75, 3.05) is 60.7 Å². The van der Waals surface area contributed by atoms with Gasteiger partial charge in [0.1, 0.15) is 30.6 Å². The third-order valence-corrected chi connectivity index (χ3v) is 6.37. The van der Waals surface area contributed by atoms with Gasteiger partial charge in [0.25, 0.3) is 0 Å². The molecule has 0 atom stereocenters. The molecular formula is C30H40O10. The van der Waals surface area contributed by atoms with Gasteiger partial charge in [-0.2, -0.15) is 0 Å². The van der Waals surface area contributed by atoms with Crippen molar-refractivity contribution in [1.82, 2.24) is 0 Å². The van der Waals surface area contributed by atoms with E-state index in [1.54, 1.807) is 50.6 Å². The Labute approximate surface area is 235 Å². The van der Waals surface area contributed by atoms with Crippen LogP contribution in [0, 0.1) is 11.8 Å². The molecule has 0 radical (unpaired) electrons. The van der Waals surface area contributed by atoms with E-state index in [0.717, 1.165) is 5.56 Å². The number of rotatable bonds is 18. The van der Waals surface area contributed by atoms with Gasteiger partial charge in [-0.1, -0.05) is 12.1 Å². The van der Waals surface area contributed by atoms with Crippen LogP contribution in [0.3, 0.4) is 0 Å². The fourth-order valence-electron chi connectivity index (χ4n) is 4.10. The van der Waals surface area contributed by atoms with Gasteiger partial charge >= 0.3 is 11.9 Å². The first kappa shape index (κ1) is 31.5. The monoisotopic (exact) mass is 560 g/mol. The number of hydrogen-bond acceptors (Lipinski definition) is 10. The van der Waals surface area contributed by atoms with Crippen molar-refractivity contribution < 1.29 is 47.5 Å². The van der Waals surface area contributed by atoms with Crippen LogP contribution in [0.5, 0.6) is 17.2 Å². The molecule has 1 aliphatic carbocycles. The average Bonchev–Trinajstić information content (AvgIpc) is 2.98. The topological polar surface area (TPSA) is 108 Å². The van der Waals surface area contributed by atoms with E-state index < -0.39 is 0 Å². The minimum Gasteiger partial charge on any atom is -0.491 e. The van der Waals surface area contributed by atoms with Crippen molar-refractivity contribution in [3.63, 3.8) is 0 Å². The molecule has 2 aromatic carbocycles. The van der Waals surface area contributed by atoms with E-state index in [4.69, 9.17) is 37.9 Å². The van der Waals surface area contributed by atoms with Crippen molar-refractivity contribution in [3.8, 4) is 17.2 Å². The Morgan fingerprint density at radius 3 is 1.62 bits per heavy atom. The number of carbonyl (C=O) groups is 2. The summed E-state index contributed by atoms with van der Waals surface area (Å²) in [5.74, 6) is 0.560. The van der Waals surface area contributed by atoms with E-state index in [1.807, 2.05) is 12.1 Å². The summed E-state index contributed by atoms with van der Waals surface area (Å²) in [6.07, 6.45) is 2.30. The Balaban J connectivity index is 1.32. The predicted octanol–water partition coefficient (Wildman–Crippen LogP) is 4.18. The molecule has 10 nitrogen and oxygen atoms in total. The van der Waals surface area contributed by atoms with Crippen molar-refractivity contribution in [2.45, 2.75) is 32.3 Å². The van der Waals surface area contributed by atoms with Gasteiger partial charge in [0.15, 0.2) is 0 Å². The molecule has 1 aliphatic rings. The Morgan fingerprint density at radius 2 is 1.07 bits per heavy atom. The average molecular weight is 561 g/mol. The maximum absolute atomic E-state index is 12.7.